The summed E-state index contributed by atoms with van der Waals surface area (Å²) in [7, 11) is 0. The molecular formula is C12H14N4S3. The van der Waals surface area contributed by atoms with E-state index in [1.54, 1.807) is 11.8 Å². The third kappa shape index (κ3) is 3.43. The highest BCUT2D eigenvalue weighted by Gasteiger charge is 2.12. The molecule has 1 aromatic heterocycles. The van der Waals surface area contributed by atoms with E-state index in [0.717, 1.165) is 32.9 Å². The number of anilines is 2. The van der Waals surface area contributed by atoms with E-state index in [4.69, 9.17) is 18.0 Å². The van der Waals surface area contributed by atoms with E-state index in [1.807, 2.05) is 25.1 Å². The van der Waals surface area contributed by atoms with Gasteiger partial charge in [-0.3, -0.25) is 0 Å². The molecule has 7 heteroatoms. The van der Waals surface area contributed by atoms with Crippen LogP contribution in [0.3, 0.4) is 0 Å². The van der Waals surface area contributed by atoms with Gasteiger partial charge in [0.1, 0.15) is 10.8 Å². The summed E-state index contributed by atoms with van der Waals surface area (Å²) in [5, 5.41) is 3.98. The average Bonchev–Trinajstić information content (AvgIpc) is 2.75. The zero-order valence-electron chi connectivity index (χ0n) is 10.6. The number of aryl methyl sites for hydroxylation is 1. The van der Waals surface area contributed by atoms with Crippen molar-refractivity contribution in [1.29, 1.82) is 0 Å². The predicted molar refractivity (Wildman–Crippen MR) is 86.7 cm³/mol. The number of thiocarbonyl (C=S) groups is 1. The standard InChI is InChI=1S/C12H14N4S3/c1-3-18-9-6-4-5-8(10(9)11(13)17)15-12-14-7(2)16-19-12/h4-6H,3H2,1-2H3,(H2,13,17)(H,14,15,16). The molecule has 4 nitrogen and oxygen atoms in total. The van der Waals surface area contributed by atoms with Crippen LogP contribution in [-0.4, -0.2) is 20.1 Å². The molecule has 3 N–H and O–H groups in total. The number of rotatable bonds is 5. The number of hydrogen-bond acceptors (Lipinski definition) is 6. The SMILES string of the molecule is CCSc1cccc(Nc2nc(C)ns2)c1C(N)=S. The Kier molecular flexibility index (Phi) is 4.73. The fourth-order valence-electron chi connectivity index (χ4n) is 1.63. The summed E-state index contributed by atoms with van der Waals surface area (Å²) in [5.74, 6) is 1.72. The molecule has 0 saturated heterocycles. The topological polar surface area (TPSA) is 63.8 Å². The van der Waals surface area contributed by atoms with Crippen LogP contribution in [-0.2, 0) is 0 Å². The molecule has 0 aliphatic carbocycles. The number of nitrogens with two attached hydrogens (primary N) is 1. The van der Waals surface area contributed by atoms with Gasteiger partial charge in [0.2, 0.25) is 5.13 Å². The third-order valence-corrected chi connectivity index (χ3v) is 4.21. The van der Waals surface area contributed by atoms with Crippen LogP contribution >= 0.6 is 35.5 Å². The lowest BCUT2D eigenvalue weighted by atomic mass is 10.2. The first-order valence-electron chi connectivity index (χ1n) is 5.74. The van der Waals surface area contributed by atoms with E-state index in [9.17, 15) is 0 Å². The predicted octanol–water partition coefficient (Wildman–Crippen LogP) is 3.34. The lowest BCUT2D eigenvalue weighted by Gasteiger charge is -2.13. The van der Waals surface area contributed by atoms with Crippen molar-refractivity contribution in [2.45, 2.75) is 18.7 Å². The van der Waals surface area contributed by atoms with E-state index >= 15 is 0 Å². The molecule has 0 fully saturated rings. The van der Waals surface area contributed by atoms with Crippen LogP contribution in [0.25, 0.3) is 0 Å². The molecule has 0 aliphatic rings. The van der Waals surface area contributed by atoms with Crippen LogP contribution in [0.1, 0.15) is 18.3 Å². The minimum absolute atomic E-state index is 0.389. The Balaban J connectivity index is 2.38. The summed E-state index contributed by atoms with van der Waals surface area (Å²) in [6, 6.07) is 5.96. The number of nitrogens with one attached hydrogen (secondary N) is 1. The first-order valence-corrected chi connectivity index (χ1v) is 7.91. The van der Waals surface area contributed by atoms with E-state index in [2.05, 4.69) is 21.6 Å². The van der Waals surface area contributed by atoms with Crippen molar-refractivity contribution < 1.29 is 0 Å². The van der Waals surface area contributed by atoms with Crippen LogP contribution in [0.15, 0.2) is 23.1 Å². The molecule has 0 spiro atoms. The van der Waals surface area contributed by atoms with Gasteiger partial charge in [0, 0.05) is 22.0 Å². The van der Waals surface area contributed by atoms with Crippen molar-refractivity contribution >= 4 is 51.3 Å². The Morgan fingerprint density at radius 3 is 2.89 bits per heavy atom. The molecule has 1 aromatic carbocycles. The van der Waals surface area contributed by atoms with Crippen molar-refractivity contribution in [3.05, 3.63) is 29.6 Å². The molecule has 100 valence electrons. The second kappa shape index (κ2) is 6.31. The average molecular weight is 310 g/mol. The van der Waals surface area contributed by atoms with Crippen LogP contribution in [0, 0.1) is 6.92 Å². The molecule has 0 bridgehead atoms. The fourth-order valence-corrected chi connectivity index (χ4v) is 3.35. The van der Waals surface area contributed by atoms with E-state index in [-0.39, 0.29) is 0 Å². The zero-order chi connectivity index (χ0) is 13.8. The van der Waals surface area contributed by atoms with Gasteiger partial charge in [0.15, 0.2) is 0 Å². The summed E-state index contributed by atoms with van der Waals surface area (Å²) >= 11 is 8.21. The van der Waals surface area contributed by atoms with Gasteiger partial charge in [-0.15, -0.1) is 11.8 Å². The highest BCUT2D eigenvalue weighted by molar-refractivity contribution is 7.99. The second-order valence-corrected chi connectivity index (χ2v) is 6.25. The normalized spacial score (nSPS) is 10.4. The van der Waals surface area contributed by atoms with E-state index in [1.165, 1.54) is 11.5 Å². The minimum Gasteiger partial charge on any atom is -0.389 e. The molecule has 0 saturated carbocycles. The third-order valence-electron chi connectivity index (χ3n) is 2.34. The Labute approximate surface area is 126 Å². The summed E-state index contributed by atoms with van der Waals surface area (Å²) in [4.78, 5) is 5.76. The first-order chi connectivity index (χ1) is 9.11. The van der Waals surface area contributed by atoms with Gasteiger partial charge in [0.05, 0.1) is 5.69 Å². The molecular weight excluding hydrogens is 296 g/mol. The highest BCUT2D eigenvalue weighted by atomic mass is 32.2. The molecule has 0 atom stereocenters. The Bertz CT molecular complexity index is 594. The summed E-state index contributed by atoms with van der Waals surface area (Å²) in [5.41, 5.74) is 7.60. The molecule has 2 aromatic rings. The lowest BCUT2D eigenvalue weighted by molar-refractivity contribution is 1.16. The van der Waals surface area contributed by atoms with Crippen LogP contribution in [0.5, 0.6) is 0 Å². The number of nitrogens with zero attached hydrogens (tertiary/aromatic N) is 2. The number of hydrogen-bond donors (Lipinski definition) is 2. The van der Waals surface area contributed by atoms with Crippen molar-refractivity contribution in [3.63, 3.8) is 0 Å². The maximum Gasteiger partial charge on any atom is 0.207 e. The van der Waals surface area contributed by atoms with Crippen molar-refractivity contribution in [2.24, 2.45) is 5.73 Å². The largest absolute Gasteiger partial charge is 0.389 e. The Morgan fingerprint density at radius 1 is 1.53 bits per heavy atom. The minimum atomic E-state index is 0.389. The highest BCUT2D eigenvalue weighted by Crippen LogP contribution is 2.30. The summed E-state index contributed by atoms with van der Waals surface area (Å²) in [6.45, 7) is 3.96. The second-order valence-electron chi connectivity index (χ2n) is 3.75. The smallest absolute Gasteiger partial charge is 0.207 e. The van der Waals surface area contributed by atoms with Gasteiger partial charge in [-0.2, -0.15) is 4.37 Å². The van der Waals surface area contributed by atoms with Crippen molar-refractivity contribution in [2.75, 3.05) is 11.1 Å². The van der Waals surface area contributed by atoms with E-state index in [0.29, 0.717) is 4.99 Å². The monoisotopic (exact) mass is 310 g/mol. The van der Waals surface area contributed by atoms with Crippen LogP contribution in [0.2, 0.25) is 0 Å². The molecule has 0 amide bonds. The number of aromatic nitrogens is 2. The number of benzene rings is 1. The lowest BCUT2D eigenvalue weighted by Crippen LogP contribution is -2.13. The van der Waals surface area contributed by atoms with Gasteiger partial charge in [0.25, 0.3) is 0 Å². The molecule has 0 aliphatic heterocycles. The van der Waals surface area contributed by atoms with Gasteiger partial charge in [-0.05, 0) is 24.8 Å². The van der Waals surface area contributed by atoms with Crippen LogP contribution < -0.4 is 11.1 Å². The van der Waals surface area contributed by atoms with Gasteiger partial charge < -0.3 is 11.1 Å². The summed E-state index contributed by atoms with van der Waals surface area (Å²) < 4.78 is 4.14. The van der Waals surface area contributed by atoms with E-state index < -0.39 is 0 Å². The van der Waals surface area contributed by atoms with Gasteiger partial charge in [-0.1, -0.05) is 25.2 Å². The zero-order valence-corrected chi connectivity index (χ0v) is 13.1. The molecule has 1 heterocycles. The quantitative estimate of drug-likeness (QED) is 0.652. The Hall–Kier alpha value is -1.18. The van der Waals surface area contributed by atoms with Crippen molar-refractivity contribution in [3.8, 4) is 0 Å². The maximum absolute atomic E-state index is 5.85. The van der Waals surface area contributed by atoms with Gasteiger partial charge in [-0.25, -0.2) is 4.98 Å². The molecule has 2 rings (SSSR count). The number of thioether (sulfide) groups is 1. The summed E-state index contributed by atoms with van der Waals surface area (Å²) in [6.07, 6.45) is 0. The maximum atomic E-state index is 5.85. The Morgan fingerprint density at radius 2 is 2.32 bits per heavy atom. The fraction of sp³-hybridized carbons (Fsp3) is 0.250. The molecule has 0 radical (unpaired) electrons. The van der Waals surface area contributed by atoms with Gasteiger partial charge >= 0.3 is 0 Å². The molecule has 0 unspecified atom stereocenters. The first kappa shape index (κ1) is 14.2. The van der Waals surface area contributed by atoms with Crippen molar-refractivity contribution in [1.82, 2.24) is 9.36 Å². The van der Waals surface area contributed by atoms with Crippen LogP contribution in [0.4, 0.5) is 10.8 Å². The molecule has 19 heavy (non-hydrogen) atoms.